The summed E-state index contributed by atoms with van der Waals surface area (Å²) in [4.78, 5) is 23.7. The van der Waals surface area contributed by atoms with Crippen molar-refractivity contribution in [1.29, 1.82) is 0 Å². The highest BCUT2D eigenvalue weighted by atomic mass is 16.5. The first-order valence-corrected chi connectivity index (χ1v) is 7.48. The van der Waals surface area contributed by atoms with E-state index in [4.69, 9.17) is 10.5 Å². The van der Waals surface area contributed by atoms with Gasteiger partial charge in [0.15, 0.2) is 12.4 Å². The Morgan fingerprint density at radius 3 is 2.90 bits per heavy atom. The fourth-order valence-electron chi connectivity index (χ4n) is 1.83. The first-order chi connectivity index (χ1) is 10.2. The molecule has 6 nitrogen and oxygen atoms in total. The minimum Gasteiger partial charge on any atom is -0.478 e. The average molecular weight is 295 g/mol. The van der Waals surface area contributed by atoms with Crippen molar-refractivity contribution in [2.24, 2.45) is 5.73 Å². The maximum Gasteiger partial charge on any atom is 0.292 e. The maximum absolute atomic E-state index is 12.1. The molecule has 0 saturated heterocycles. The quantitative estimate of drug-likeness (QED) is 0.627. The highest BCUT2D eigenvalue weighted by molar-refractivity contribution is 5.77. The van der Waals surface area contributed by atoms with Gasteiger partial charge in [-0.05, 0) is 37.9 Å². The summed E-state index contributed by atoms with van der Waals surface area (Å²) in [6, 6.07) is 3.33. The summed E-state index contributed by atoms with van der Waals surface area (Å²) in [6.45, 7) is 3.78. The Kier molecular flexibility index (Phi) is 8.19. The lowest BCUT2D eigenvalue weighted by Crippen LogP contribution is -2.31. The van der Waals surface area contributed by atoms with Crippen LogP contribution in [0.1, 0.15) is 32.6 Å². The lowest BCUT2D eigenvalue weighted by molar-refractivity contribution is -0.123. The minimum atomic E-state index is -0.212. The van der Waals surface area contributed by atoms with Crippen molar-refractivity contribution in [3.05, 3.63) is 28.7 Å². The standard InChI is InChI=1S/C15H25N3O3/c1-2-3-9-17-14(19)12-21-13-7-6-11-18(15(13)20)10-5-4-8-16/h6-7,11H,2-5,8-10,12,16H2,1H3,(H,17,19). The van der Waals surface area contributed by atoms with E-state index in [2.05, 4.69) is 12.2 Å². The number of carbonyl (C=O) groups excluding carboxylic acids is 1. The summed E-state index contributed by atoms with van der Waals surface area (Å²) in [7, 11) is 0. The van der Waals surface area contributed by atoms with Crippen molar-refractivity contribution in [2.75, 3.05) is 19.7 Å². The molecule has 118 valence electrons. The van der Waals surface area contributed by atoms with E-state index in [-0.39, 0.29) is 23.8 Å². The number of unbranched alkanes of at least 4 members (excludes halogenated alkanes) is 2. The first kappa shape index (κ1) is 17.2. The van der Waals surface area contributed by atoms with Crippen molar-refractivity contribution < 1.29 is 9.53 Å². The largest absolute Gasteiger partial charge is 0.478 e. The number of rotatable bonds is 10. The third-order valence-corrected chi connectivity index (χ3v) is 3.05. The van der Waals surface area contributed by atoms with Crippen LogP contribution in [0.5, 0.6) is 5.75 Å². The van der Waals surface area contributed by atoms with E-state index < -0.39 is 0 Å². The van der Waals surface area contributed by atoms with Gasteiger partial charge < -0.3 is 20.4 Å². The second-order valence-electron chi connectivity index (χ2n) is 4.86. The van der Waals surface area contributed by atoms with Gasteiger partial charge in [-0.25, -0.2) is 0 Å². The van der Waals surface area contributed by atoms with Crippen molar-refractivity contribution >= 4 is 5.91 Å². The average Bonchev–Trinajstić information content (AvgIpc) is 2.48. The number of nitrogens with two attached hydrogens (primary N) is 1. The van der Waals surface area contributed by atoms with Crippen LogP contribution >= 0.6 is 0 Å². The van der Waals surface area contributed by atoms with E-state index in [1.165, 1.54) is 0 Å². The Bertz CT molecular complexity index is 485. The lowest BCUT2D eigenvalue weighted by atomic mass is 10.3. The minimum absolute atomic E-state index is 0.133. The molecule has 0 aliphatic heterocycles. The molecule has 0 saturated carbocycles. The topological polar surface area (TPSA) is 86.3 Å². The molecule has 0 radical (unpaired) electrons. The van der Waals surface area contributed by atoms with Gasteiger partial charge in [0, 0.05) is 19.3 Å². The van der Waals surface area contributed by atoms with Crippen LogP contribution in [0, 0.1) is 0 Å². The van der Waals surface area contributed by atoms with E-state index in [0.717, 1.165) is 25.7 Å². The molecular formula is C15H25N3O3. The molecule has 1 rings (SSSR count). The molecule has 0 aromatic carbocycles. The van der Waals surface area contributed by atoms with E-state index >= 15 is 0 Å². The normalized spacial score (nSPS) is 10.4. The van der Waals surface area contributed by atoms with Crippen LogP contribution in [0.15, 0.2) is 23.1 Å². The summed E-state index contributed by atoms with van der Waals surface area (Å²) >= 11 is 0. The van der Waals surface area contributed by atoms with Crippen molar-refractivity contribution in [3.8, 4) is 5.75 Å². The Morgan fingerprint density at radius 1 is 1.38 bits per heavy atom. The number of hydrogen-bond acceptors (Lipinski definition) is 4. The molecule has 0 fully saturated rings. The van der Waals surface area contributed by atoms with Crippen LogP contribution < -0.4 is 21.3 Å². The van der Waals surface area contributed by atoms with Gasteiger partial charge in [0.1, 0.15) is 0 Å². The Morgan fingerprint density at radius 2 is 2.19 bits per heavy atom. The van der Waals surface area contributed by atoms with E-state index in [9.17, 15) is 9.59 Å². The number of nitrogens with zero attached hydrogens (tertiary/aromatic N) is 1. The van der Waals surface area contributed by atoms with Crippen molar-refractivity contribution in [2.45, 2.75) is 39.2 Å². The second kappa shape index (κ2) is 9.99. The predicted octanol–water partition coefficient (Wildman–Crippen LogP) is 0.882. The molecular weight excluding hydrogens is 270 g/mol. The fraction of sp³-hybridized carbons (Fsp3) is 0.600. The SMILES string of the molecule is CCCCNC(=O)COc1cccn(CCCCN)c1=O. The van der Waals surface area contributed by atoms with Gasteiger partial charge in [-0.1, -0.05) is 13.3 Å². The molecule has 0 atom stereocenters. The van der Waals surface area contributed by atoms with Crippen LogP contribution in [-0.2, 0) is 11.3 Å². The molecule has 0 spiro atoms. The van der Waals surface area contributed by atoms with Crippen LogP contribution in [0.3, 0.4) is 0 Å². The van der Waals surface area contributed by atoms with E-state index in [1.807, 2.05) is 0 Å². The Labute approximate surface area is 125 Å². The maximum atomic E-state index is 12.1. The molecule has 1 amide bonds. The van der Waals surface area contributed by atoms with Crippen LogP contribution in [0.25, 0.3) is 0 Å². The van der Waals surface area contributed by atoms with Crippen LogP contribution in [0.2, 0.25) is 0 Å². The van der Waals surface area contributed by atoms with Gasteiger partial charge in [0.2, 0.25) is 0 Å². The first-order valence-electron chi connectivity index (χ1n) is 7.48. The van der Waals surface area contributed by atoms with Crippen molar-refractivity contribution in [1.82, 2.24) is 9.88 Å². The van der Waals surface area contributed by atoms with Gasteiger partial charge in [0.25, 0.3) is 11.5 Å². The second-order valence-corrected chi connectivity index (χ2v) is 4.86. The zero-order valence-corrected chi connectivity index (χ0v) is 12.6. The Balaban J connectivity index is 2.49. The number of carbonyl (C=O) groups is 1. The molecule has 6 heteroatoms. The van der Waals surface area contributed by atoms with Crippen molar-refractivity contribution in [3.63, 3.8) is 0 Å². The highest BCUT2D eigenvalue weighted by Gasteiger charge is 2.07. The van der Waals surface area contributed by atoms with Gasteiger partial charge in [-0.15, -0.1) is 0 Å². The van der Waals surface area contributed by atoms with Gasteiger partial charge in [0.05, 0.1) is 0 Å². The molecule has 0 aliphatic rings. The van der Waals surface area contributed by atoms with E-state index in [1.54, 1.807) is 22.9 Å². The van der Waals surface area contributed by atoms with Gasteiger partial charge in [-0.2, -0.15) is 0 Å². The zero-order chi connectivity index (χ0) is 15.5. The fourth-order valence-corrected chi connectivity index (χ4v) is 1.83. The number of aromatic nitrogens is 1. The number of pyridine rings is 1. The van der Waals surface area contributed by atoms with Crippen LogP contribution in [-0.4, -0.2) is 30.2 Å². The highest BCUT2D eigenvalue weighted by Crippen LogP contribution is 2.03. The van der Waals surface area contributed by atoms with Crippen LogP contribution in [0.4, 0.5) is 0 Å². The van der Waals surface area contributed by atoms with Gasteiger partial charge in [-0.3, -0.25) is 9.59 Å². The summed E-state index contributed by atoms with van der Waals surface area (Å²) in [6.07, 6.45) is 5.39. The third kappa shape index (κ3) is 6.44. The molecule has 1 aromatic rings. The number of nitrogens with one attached hydrogen (secondary N) is 1. The molecule has 1 heterocycles. The lowest BCUT2D eigenvalue weighted by Gasteiger charge is -2.09. The molecule has 0 unspecified atom stereocenters. The van der Waals surface area contributed by atoms with Gasteiger partial charge >= 0.3 is 0 Å². The number of ether oxygens (including phenoxy) is 1. The monoisotopic (exact) mass is 295 g/mol. The Hall–Kier alpha value is -1.82. The third-order valence-electron chi connectivity index (χ3n) is 3.05. The summed E-state index contributed by atoms with van der Waals surface area (Å²) in [5, 5.41) is 2.74. The number of aryl methyl sites for hydroxylation is 1. The molecule has 1 aromatic heterocycles. The molecule has 0 aliphatic carbocycles. The molecule has 21 heavy (non-hydrogen) atoms. The predicted molar refractivity (Wildman–Crippen MR) is 82.4 cm³/mol. The molecule has 3 N–H and O–H groups in total. The number of amides is 1. The summed E-state index contributed by atoms with van der Waals surface area (Å²) in [5.41, 5.74) is 5.22. The van der Waals surface area contributed by atoms with E-state index in [0.29, 0.717) is 19.6 Å². The summed E-state index contributed by atoms with van der Waals surface area (Å²) < 4.78 is 6.89. The smallest absolute Gasteiger partial charge is 0.292 e. The summed E-state index contributed by atoms with van der Waals surface area (Å²) in [5.74, 6) is -0.00252. The zero-order valence-electron chi connectivity index (χ0n) is 12.6. The molecule has 0 bridgehead atoms. The number of hydrogen-bond donors (Lipinski definition) is 2.